The summed E-state index contributed by atoms with van der Waals surface area (Å²) in [7, 11) is 0. The van der Waals surface area contributed by atoms with Crippen molar-refractivity contribution in [1.82, 2.24) is 10.2 Å². The van der Waals surface area contributed by atoms with Gasteiger partial charge in [-0.15, -0.1) is 0 Å². The molecule has 1 amide bonds. The molecule has 1 aliphatic heterocycles. The van der Waals surface area contributed by atoms with E-state index >= 15 is 0 Å². The van der Waals surface area contributed by atoms with Gasteiger partial charge in [0.25, 0.3) is 11.6 Å². The highest BCUT2D eigenvalue weighted by Gasteiger charge is 2.26. The summed E-state index contributed by atoms with van der Waals surface area (Å²) in [5.74, 6) is 0.0457. The highest BCUT2D eigenvalue weighted by Crippen LogP contribution is 2.32. The zero-order valence-corrected chi connectivity index (χ0v) is 14.3. The lowest BCUT2D eigenvalue weighted by atomic mass is 10.2. The second kappa shape index (κ2) is 7.08. The van der Waals surface area contributed by atoms with Crippen molar-refractivity contribution < 1.29 is 9.72 Å². The molecular formula is C16H12Cl2N4O3. The number of hydrogen-bond acceptors (Lipinski definition) is 4. The van der Waals surface area contributed by atoms with Crippen molar-refractivity contribution in [1.29, 1.82) is 0 Å². The Labute approximate surface area is 153 Å². The molecule has 0 aromatic heterocycles. The molecule has 9 heteroatoms. The fraction of sp³-hybridized carbons (Fsp3) is 0.125. The normalized spacial score (nSPS) is 15.3. The number of guanidine groups is 1. The van der Waals surface area contributed by atoms with Crippen LogP contribution in [0.4, 0.5) is 11.4 Å². The summed E-state index contributed by atoms with van der Waals surface area (Å²) in [6, 6.07) is 10.5. The van der Waals surface area contributed by atoms with Crippen LogP contribution in [0.5, 0.6) is 0 Å². The molecule has 0 bridgehead atoms. The first-order chi connectivity index (χ1) is 12.0. The molecule has 0 spiro atoms. The number of hydrogen-bond donors (Lipinski definition) is 1. The second-order valence-electron chi connectivity index (χ2n) is 5.20. The van der Waals surface area contributed by atoms with Gasteiger partial charge in [-0.05, 0) is 24.3 Å². The Kier molecular flexibility index (Phi) is 4.87. The first kappa shape index (κ1) is 17.2. The van der Waals surface area contributed by atoms with Crippen LogP contribution in [0.3, 0.4) is 0 Å². The number of nitro benzene ring substituents is 1. The molecule has 1 heterocycles. The smallest absolute Gasteiger partial charge is 0.269 e. The van der Waals surface area contributed by atoms with Crippen molar-refractivity contribution in [3.8, 4) is 0 Å². The van der Waals surface area contributed by atoms with Crippen molar-refractivity contribution in [3.05, 3.63) is 68.2 Å². The summed E-state index contributed by atoms with van der Waals surface area (Å²) in [5, 5.41) is 14.4. The van der Waals surface area contributed by atoms with Crippen molar-refractivity contribution in [2.45, 2.75) is 0 Å². The molecule has 1 saturated heterocycles. The molecule has 0 unspecified atom stereocenters. The van der Waals surface area contributed by atoms with Crippen LogP contribution in [0.15, 0.2) is 47.5 Å². The van der Waals surface area contributed by atoms with E-state index in [4.69, 9.17) is 23.2 Å². The average molecular weight is 379 g/mol. The van der Waals surface area contributed by atoms with Crippen molar-refractivity contribution in [2.75, 3.05) is 13.1 Å². The maximum atomic E-state index is 12.7. The molecule has 128 valence electrons. The summed E-state index contributed by atoms with van der Waals surface area (Å²) in [6.45, 7) is 0.961. The van der Waals surface area contributed by atoms with Gasteiger partial charge in [0.1, 0.15) is 0 Å². The van der Waals surface area contributed by atoms with Crippen LogP contribution in [-0.4, -0.2) is 34.8 Å². The minimum atomic E-state index is -0.514. The highest BCUT2D eigenvalue weighted by atomic mass is 35.5. The van der Waals surface area contributed by atoms with Gasteiger partial charge in [0.15, 0.2) is 0 Å². The van der Waals surface area contributed by atoms with Gasteiger partial charge in [-0.1, -0.05) is 29.3 Å². The number of carbonyl (C=O) groups excluding carboxylic acids is 1. The predicted octanol–water partition coefficient (Wildman–Crippen LogP) is 3.63. The van der Waals surface area contributed by atoms with E-state index in [-0.39, 0.29) is 11.6 Å². The van der Waals surface area contributed by atoms with E-state index in [0.717, 1.165) is 0 Å². The Morgan fingerprint density at radius 2 is 1.92 bits per heavy atom. The number of rotatable bonds is 3. The van der Waals surface area contributed by atoms with E-state index < -0.39 is 4.92 Å². The Balaban J connectivity index is 1.88. The number of carbonyl (C=O) groups is 1. The molecule has 25 heavy (non-hydrogen) atoms. The fourth-order valence-electron chi connectivity index (χ4n) is 2.35. The van der Waals surface area contributed by atoms with Gasteiger partial charge in [-0.3, -0.25) is 19.8 Å². The molecule has 2 aromatic carbocycles. The van der Waals surface area contributed by atoms with Gasteiger partial charge >= 0.3 is 0 Å². The Morgan fingerprint density at radius 1 is 1.20 bits per heavy atom. The molecule has 0 saturated carbocycles. The first-order valence-electron chi connectivity index (χ1n) is 7.30. The highest BCUT2D eigenvalue weighted by molar-refractivity contribution is 6.43. The van der Waals surface area contributed by atoms with Crippen molar-refractivity contribution in [2.24, 2.45) is 4.99 Å². The number of aliphatic imine (C=N–C) groups is 1. The lowest BCUT2D eigenvalue weighted by Gasteiger charge is -2.16. The maximum Gasteiger partial charge on any atom is 0.269 e. The molecule has 0 atom stereocenters. The first-order valence-corrected chi connectivity index (χ1v) is 8.06. The summed E-state index contributed by atoms with van der Waals surface area (Å²) in [6.07, 6.45) is 0. The third-order valence-corrected chi connectivity index (χ3v) is 4.41. The van der Waals surface area contributed by atoms with Crippen molar-refractivity contribution >= 4 is 46.4 Å². The molecule has 3 rings (SSSR count). The number of nitrogens with zero attached hydrogens (tertiary/aromatic N) is 3. The van der Waals surface area contributed by atoms with Crippen LogP contribution in [0.25, 0.3) is 0 Å². The maximum absolute atomic E-state index is 12.7. The third-order valence-electron chi connectivity index (χ3n) is 3.60. The minimum absolute atomic E-state index is 0.0734. The van der Waals surface area contributed by atoms with E-state index in [0.29, 0.717) is 40.3 Å². The lowest BCUT2D eigenvalue weighted by molar-refractivity contribution is -0.384. The van der Waals surface area contributed by atoms with E-state index in [2.05, 4.69) is 10.3 Å². The standard InChI is InChI=1S/C16H12Cl2N4O3/c17-12-2-1-3-13(14(12)18)20-16-19-8-9-21(16)15(23)10-4-6-11(7-5-10)22(24)25/h1-7H,8-9H2,(H,19,20). The minimum Gasteiger partial charge on any atom is -0.354 e. The summed E-state index contributed by atoms with van der Waals surface area (Å²) < 4.78 is 0. The van der Waals surface area contributed by atoms with Gasteiger partial charge in [0.2, 0.25) is 5.96 Å². The molecule has 7 nitrogen and oxygen atoms in total. The van der Waals surface area contributed by atoms with Crippen LogP contribution in [0.2, 0.25) is 10.0 Å². The predicted molar refractivity (Wildman–Crippen MR) is 95.7 cm³/mol. The summed E-state index contributed by atoms with van der Waals surface area (Å²) in [4.78, 5) is 28.7. The monoisotopic (exact) mass is 378 g/mol. The molecule has 1 aliphatic rings. The fourth-order valence-corrected chi connectivity index (χ4v) is 2.69. The summed E-state index contributed by atoms with van der Waals surface area (Å²) in [5.41, 5.74) is 0.704. The largest absolute Gasteiger partial charge is 0.354 e. The van der Waals surface area contributed by atoms with Crippen LogP contribution >= 0.6 is 23.2 Å². The summed E-state index contributed by atoms with van der Waals surface area (Å²) >= 11 is 12.1. The van der Waals surface area contributed by atoms with Crippen molar-refractivity contribution in [3.63, 3.8) is 0 Å². The number of nitrogens with one attached hydrogen (secondary N) is 1. The third kappa shape index (κ3) is 3.57. The lowest BCUT2D eigenvalue weighted by Crippen LogP contribution is -2.35. The van der Waals surface area contributed by atoms with E-state index in [9.17, 15) is 14.9 Å². The van der Waals surface area contributed by atoms with Crippen LogP contribution in [0, 0.1) is 10.1 Å². The van der Waals surface area contributed by atoms with Gasteiger partial charge in [0, 0.05) is 30.8 Å². The second-order valence-corrected chi connectivity index (χ2v) is 5.98. The molecule has 1 N–H and O–H groups in total. The number of benzene rings is 2. The number of amides is 1. The molecule has 0 aliphatic carbocycles. The molecular weight excluding hydrogens is 367 g/mol. The topological polar surface area (TPSA) is 87.8 Å². The SMILES string of the molecule is O=C(c1ccc([N+](=O)[O-])cc1)N1CCNC1=Nc1cccc(Cl)c1Cl. The molecule has 1 fully saturated rings. The number of non-ortho nitro benzene ring substituents is 1. The van der Waals surface area contributed by atoms with Crippen LogP contribution in [0.1, 0.15) is 10.4 Å². The Hall–Kier alpha value is -2.64. The number of halogens is 2. The van der Waals surface area contributed by atoms with Crippen LogP contribution < -0.4 is 5.32 Å². The van der Waals surface area contributed by atoms with E-state index in [1.807, 2.05) is 0 Å². The van der Waals surface area contributed by atoms with Crippen LogP contribution in [-0.2, 0) is 0 Å². The van der Waals surface area contributed by atoms with E-state index in [1.54, 1.807) is 18.2 Å². The quantitative estimate of drug-likeness (QED) is 0.652. The Bertz CT molecular complexity index is 868. The number of nitro groups is 1. The average Bonchev–Trinajstić information content (AvgIpc) is 3.06. The zero-order valence-electron chi connectivity index (χ0n) is 12.8. The molecule has 0 radical (unpaired) electrons. The zero-order chi connectivity index (χ0) is 18.0. The van der Waals surface area contributed by atoms with Gasteiger partial charge in [-0.2, -0.15) is 0 Å². The molecule has 2 aromatic rings. The van der Waals surface area contributed by atoms with Gasteiger partial charge < -0.3 is 5.32 Å². The van der Waals surface area contributed by atoms with E-state index in [1.165, 1.54) is 29.2 Å². The van der Waals surface area contributed by atoms with Gasteiger partial charge in [-0.25, -0.2) is 4.99 Å². The van der Waals surface area contributed by atoms with Gasteiger partial charge in [0.05, 0.1) is 20.7 Å². The Morgan fingerprint density at radius 3 is 2.60 bits per heavy atom.